The van der Waals surface area contributed by atoms with Gasteiger partial charge >= 0.3 is 0 Å². The number of nitrogens with zero attached hydrogens (tertiary/aromatic N) is 3. The summed E-state index contributed by atoms with van der Waals surface area (Å²) in [5.41, 5.74) is 2.33. The van der Waals surface area contributed by atoms with Gasteiger partial charge in [-0.25, -0.2) is 0 Å². The van der Waals surface area contributed by atoms with E-state index in [0.717, 1.165) is 25.3 Å². The highest BCUT2D eigenvalue weighted by molar-refractivity contribution is 7.13. The molecule has 3 rings (SSSR count). The Hall–Kier alpha value is -1.52. The highest BCUT2D eigenvalue weighted by Crippen LogP contribution is 2.44. The van der Waals surface area contributed by atoms with E-state index in [-0.39, 0.29) is 0 Å². The van der Waals surface area contributed by atoms with E-state index in [1.807, 2.05) is 11.3 Å². The second-order valence-electron chi connectivity index (χ2n) is 6.46. The molecule has 22 heavy (non-hydrogen) atoms. The SMILES string of the molecule is C=C(/C=C/CN(C)C)N1CC2C(C1)N2C(=C)c1ccc(C)s1. The van der Waals surface area contributed by atoms with E-state index >= 15 is 0 Å². The highest BCUT2D eigenvalue weighted by atomic mass is 32.1. The predicted octanol–water partition coefficient (Wildman–Crippen LogP) is 3.03. The molecule has 0 N–H and O–H groups in total. The molecule has 3 nitrogen and oxygen atoms in total. The summed E-state index contributed by atoms with van der Waals surface area (Å²) >= 11 is 1.84. The van der Waals surface area contributed by atoms with Crippen LogP contribution in [-0.4, -0.2) is 60.5 Å². The zero-order chi connectivity index (χ0) is 15.9. The van der Waals surface area contributed by atoms with Crippen LogP contribution in [-0.2, 0) is 0 Å². The summed E-state index contributed by atoms with van der Waals surface area (Å²) in [5, 5.41) is 0. The number of rotatable bonds is 6. The minimum absolute atomic E-state index is 0.619. The van der Waals surface area contributed by atoms with Crippen molar-refractivity contribution in [1.82, 2.24) is 14.7 Å². The molecule has 0 spiro atoms. The van der Waals surface area contributed by atoms with E-state index in [9.17, 15) is 0 Å². The van der Waals surface area contributed by atoms with Crippen LogP contribution in [0, 0.1) is 6.92 Å². The van der Waals surface area contributed by atoms with Crippen LogP contribution < -0.4 is 0 Å². The molecule has 2 aliphatic rings. The number of aryl methyl sites for hydroxylation is 1. The quantitative estimate of drug-likeness (QED) is 0.590. The van der Waals surface area contributed by atoms with Crippen LogP contribution in [0.3, 0.4) is 0 Å². The Labute approximate surface area is 137 Å². The Morgan fingerprint density at radius 1 is 1.32 bits per heavy atom. The molecular weight excluding hydrogens is 290 g/mol. The zero-order valence-corrected chi connectivity index (χ0v) is 14.6. The van der Waals surface area contributed by atoms with E-state index in [4.69, 9.17) is 0 Å². The van der Waals surface area contributed by atoms with E-state index in [2.05, 4.69) is 73.2 Å². The van der Waals surface area contributed by atoms with Crippen molar-refractivity contribution in [2.45, 2.75) is 19.0 Å². The van der Waals surface area contributed by atoms with Crippen LogP contribution in [0.1, 0.15) is 9.75 Å². The van der Waals surface area contributed by atoms with Crippen LogP contribution in [0.4, 0.5) is 0 Å². The monoisotopic (exact) mass is 315 g/mol. The maximum Gasteiger partial charge on any atom is 0.0690 e. The molecular formula is C18H25N3S. The first-order chi connectivity index (χ1) is 10.5. The standard InChI is InChI=1S/C18H25N3S/c1-13(7-6-10-19(4)5)20-11-16-17(12-20)21(16)15(3)18-9-8-14(2)22-18/h6-9,16-17H,1,3,10-12H2,2,4-5H3/b7-6+. The summed E-state index contributed by atoms with van der Waals surface area (Å²) in [6.45, 7) is 13.7. The van der Waals surface area contributed by atoms with Crippen molar-refractivity contribution in [3.8, 4) is 0 Å². The lowest BCUT2D eigenvalue weighted by molar-refractivity contribution is 0.357. The van der Waals surface area contributed by atoms with Crippen LogP contribution in [0.2, 0.25) is 0 Å². The van der Waals surface area contributed by atoms with Gasteiger partial charge in [0.25, 0.3) is 0 Å². The number of hydrogen-bond donors (Lipinski definition) is 0. The molecule has 2 fully saturated rings. The van der Waals surface area contributed by atoms with Gasteiger partial charge in [0.15, 0.2) is 0 Å². The largest absolute Gasteiger partial charge is 0.368 e. The summed E-state index contributed by atoms with van der Waals surface area (Å²) in [7, 11) is 4.15. The van der Waals surface area contributed by atoms with E-state index in [0.29, 0.717) is 12.1 Å². The summed E-state index contributed by atoms with van der Waals surface area (Å²) in [6, 6.07) is 5.60. The van der Waals surface area contributed by atoms with Gasteiger partial charge in [0.1, 0.15) is 0 Å². The van der Waals surface area contributed by atoms with Crippen molar-refractivity contribution in [1.29, 1.82) is 0 Å². The minimum Gasteiger partial charge on any atom is -0.368 e. The predicted molar refractivity (Wildman–Crippen MR) is 95.9 cm³/mol. The van der Waals surface area contributed by atoms with Crippen molar-refractivity contribution in [2.24, 2.45) is 0 Å². The fraction of sp³-hybridized carbons (Fsp3) is 0.444. The lowest BCUT2D eigenvalue weighted by atomic mass is 10.3. The van der Waals surface area contributed by atoms with E-state index in [1.165, 1.54) is 15.5 Å². The smallest absolute Gasteiger partial charge is 0.0690 e. The van der Waals surface area contributed by atoms with Crippen LogP contribution in [0.15, 0.2) is 43.1 Å². The lowest BCUT2D eigenvalue weighted by Crippen LogP contribution is -2.27. The Morgan fingerprint density at radius 3 is 2.55 bits per heavy atom. The van der Waals surface area contributed by atoms with Crippen LogP contribution in [0.5, 0.6) is 0 Å². The molecule has 2 unspecified atom stereocenters. The summed E-state index contributed by atoms with van der Waals surface area (Å²) < 4.78 is 0. The van der Waals surface area contributed by atoms with Gasteiger partial charge in [0.2, 0.25) is 0 Å². The molecule has 0 aromatic carbocycles. The minimum atomic E-state index is 0.619. The zero-order valence-electron chi connectivity index (χ0n) is 13.7. The van der Waals surface area contributed by atoms with Gasteiger partial charge in [0.05, 0.1) is 17.0 Å². The Kier molecular flexibility index (Phi) is 4.15. The molecule has 1 aromatic heterocycles. The van der Waals surface area contributed by atoms with E-state index in [1.54, 1.807) is 0 Å². The fourth-order valence-electron chi connectivity index (χ4n) is 3.14. The topological polar surface area (TPSA) is 9.49 Å². The summed E-state index contributed by atoms with van der Waals surface area (Å²) in [4.78, 5) is 9.68. The van der Waals surface area contributed by atoms with Gasteiger partial charge in [0, 0.05) is 35.9 Å². The molecule has 1 aromatic rings. The van der Waals surface area contributed by atoms with Crippen molar-refractivity contribution < 1.29 is 0 Å². The normalized spacial score (nSPS) is 23.5. The molecule has 0 aliphatic carbocycles. The van der Waals surface area contributed by atoms with Gasteiger partial charge in [-0.2, -0.15) is 0 Å². The fourth-order valence-corrected chi connectivity index (χ4v) is 3.98. The first kappa shape index (κ1) is 15.4. The molecule has 3 heterocycles. The van der Waals surface area contributed by atoms with Gasteiger partial charge < -0.3 is 14.7 Å². The Balaban J connectivity index is 1.52. The molecule has 0 amide bonds. The van der Waals surface area contributed by atoms with Crippen molar-refractivity contribution in [2.75, 3.05) is 33.7 Å². The molecule has 0 radical (unpaired) electrons. The number of piperazine rings is 1. The van der Waals surface area contributed by atoms with Crippen molar-refractivity contribution in [3.63, 3.8) is 0 Å². The molecule has 2 saturated heterocycles. The third-order valence-corrected chi connectivity index (χ3v) is 5.46. The van der Waals surface area contributed by atoms with Crippen LogP contribution >= 0.6 is 11.3 Å². The lowest BCUT2D eigenvalue weighted by Gasteiger charge is -2.24. The number of allylic oxidation sites excluding steroid dienone is 1. The number of thiophene rings is 1. The molecule has 0 bridgehead atoms. The van der Waals surface area contributed by atoms with Gasteiger partial charge in [-0.05, 0) is 39.2 Å². The van der Waals surface area contributed by atoms with Crippen LogP contribution in [0.25, 0.3) is 5.70 Å². The van der Waals surface area contributed by atoms with Gasteiger partial charge in [-0.15, -0.1) is 11.3 Å². The number of hydrogen-bond acceptors (Lipinski definition) is 4. The van der Waals surface area contributed by atoms with Crippen molar-refractivity contribution >= 4 is 17.0 Å². The Morgan fingerprint density at radius 2 is 2.00 bits per heavy atom. The number of likely N-dealkylation sites (tertiary alicyclic amines) is 1. The molecule has 2 aliphatic heterocycles. The Bertz CT molecular complexity index is 602. The average Bonchev–Trinajstić information content (AvgIpc) is 2.82. The molecule has 4 heteroatoms. The van der Waals surface area contributed by atoms with Crippen molar-refractivity contribution in [3.05, 3.63) is 52.9 Å². The summed E-state index contributed by atoms with van der Waals surface area (Å²) in [5.74, 6) is 0. The van der Waals surface area contributed by atoms with Gasteiger partial charge in [-0.1, -0.05) is 19.2 Å². The maximum atomic E-state index is 4.30. The summed E-state index contributed by atoms with van der Waals surface area (Å²) in [6.07, 6.45) is 4.32. The average molecular weight is 315 g/mol. The molecule has 0 saturated carbocycles. The third kappa shape index (κ3) is 2.99. The molecule has 2 atom stereocenters. The number of fused-ring (bicyclic) bond motifs is 1. The van der Waals surface area contributed by atoms with Gasteiger partial charge in [-0.3, -0.25) is 0 Å². The third-order valence-electron chi connectivity index (χ3n) is 4.41. The number of likely N-dealkylation sites (N-methyl/N-ethyl adjacent to an activating group) is 1. The first-order valence-electron chi connectivity index (χ1n) is 7.76. The first-order valence-corrected chi connectivity index (χ1v) is 8.58. The van der Waals surface area contributed by atoms with E-state index < -0.39 is 0 Å². The molecule has 118 valence electrons. The maximum absolute atomic E-state index is 4.30. The second kappa shape index (κ2) is 5.94. The highest BCUT2D eigenvalue weighted by Gasteiger charge is 2.54. The second-order valence-corrected chi connectivity index (χ2v) is 7.75.